The number of nitrogens with one attached hydrogen (secondary N) is 1. The van der Waals surface area contributed by atoms with E-state index in [9.17, 15) is 9.18 Å². The summed E-state index contributed by atoms with van der Waals surface area (Å²) in [5.41, 5.74) is 1.83. The van der Waals surface area contributed by atoms with Crippen LogP contribution < -0.4 is 5.32 Å². The first-order valence-electron chi connectivity index (χ1n) is 7.11. The number of aromatic nitrogens is 1. The van der Waals surface area contributed by atoms with Crippen molar-refractivity contribution in [2.45, 2.75) is 0 Å². The highest BCUT2D eigenvalue weighted by Gasteiger charge is 2.06. The van der Waals surface area contributed by atoms with Crippen LogP contribution in [-0.2, 0) is 0 Å². The third kappa shape index (κ3) is 3.72. The number of hydrogen-bond acceptors (Lipinski definition) is 2. The molecule has 1 N–H and O–H groups in total. The van der Waals surface area contributed by atoms with Crippen molar-refractivity contribution in [3.8, 4) is 11.8 Å². The van der Waals surface area contributed by atoms with Crippen LogP contribution in [-0.4, -0.2) is 17.4 Å². The summed E-state index contributed by atoms with van der Waals surface area (Å²) in [5.74, 6) is 5.11. The van der Waals surface area contributed by atoms with E-state index in [4.69, 9.17) is 0 Å². The summed E-state index contributed by atoms with van der Waals surface area (Å²) in [6, 6.07) is 17.0. The summed E-state index contributed by atoms with van der Waals surface area (Å²) in [7, 11) is 0. The Balaban J connectivity index is 1.63. The fraction of sp³-hybridized carbons (Fsp3) is 0.0526. The molecular formula is C19H13FN2O. The zero-order valence-electron chi connectivity index (χ0n) is 12.2. The average Bonchev–Trinajstić information content (AvgIpc) is 2.59. The van der Waals surface area contributed by atoms with Crippen LogP contribution in [0, 0.1) is 17.7 Å². The topological polar surface area (TPSA) is 42.0 Å². The van der Waals surface area contributed by atoms with Crippen LogP contribution in [0.1, 0.15) is 16.1 Å². The van der Waals surface area contributed by atoms with E-state index in [1.165, 1.54) is 12.1 Å². The SMILES string of the molecule is O=C(NCC#Cc1ccc(F)cc1)c1ccc2ccccc2n1. The Labute approximate surface area is 133 Å². The van der Waals surface area contributed by atoms with Gasteiger partial charge < -0.3 is 5.32 Å². The third-order valence-corrected chi connectivity index (χ3v) is 3.25. The number of benzene rings is 2. The molecule has 0 aliphatic heterocycles. The molecule has 3 rings (SSSR count). The van der Waals surface area contributed by atoms with E-state index in [0.29, 0.717) is 11.3 Å². The summed E-state index contributed by atoms with van der Waals surface area (Å²) in [5, 5.41) is 3.68. The zero-order chi connectivity index (χ0) is 16.1. The Morgan fingerprint density at radius 2 is 1.83 bits per heavy atom. The number of para-hydroxylation sites is 1. The van der Waals surface area contributed by atoms with Crippen LogP contribution in [0.25, 0.3) is 10.9 Å². The van der Waals surface area contributed by atoms with Crippen molar-refractivity contribution in [2.75, 3.05) is 6.54 Å². The van der Waals surface area contributed by atoms with Gasteiger partial charge in [0.05, 0.1) is 12.1 Å². The monoisotopic (exact) mass is 304 g/mol. The highest BCUT2D eigenvalue weighted by Crippen LogP contribution is 2.11. The summed E-state index contributed by atoms with van der Waals surface area (Å²) in [6.45, 7) is 0.199. The first-order chi connectivity index (χ1) is 11.2. The molecule has 112 valence electrons. The van der Waals surface area contributed by atoms with Gasteiger partial charge in [-0.15, -0.1) is 0 Å². The van der Waals surface area contributed by atoms with Crippen LogP contribution in [0.4, 0.5) is 4.39 Å². The van der Waals surface area contributed by atoms with Crippen molar-refractivity contribution >= 4 is 16.8 Å². The van der Waals surface area contributed by atoms with Crippen LogP contribution in [0.3, 0.4) is 0 Å². The Hall–Kier alpha value is -3.19. The molecule has 1 heterocycles. The van der Waals surface area contributed by atoms with Gasteiger partial charge in [-0.2, -0.15) is 0 Å². The number of hydrogen-bond donors (Lipinski definition) is 1. The van der Waals surface area contributed by atoms with Crippen molar-refractivity contribution in [2.24, 2.45) is 0 Å². The smallest absolute Gasteiger partial charge is 0.270 e. The second kappa shape index (κ2) is 6.71. The molecule has 3 nitrogen and oxygen atoms in total. The van der Waals surface area contributed by atoms with Crippen molar-refractivity contribution in [1.29, 1.82) is 0 Å². The molecule has 0 atom stereocenters. The van der Waals surface area contributed by atoms with E-state index in [0.717, 1.165) is 10.9 Å². The van der Waals surface area contributed by atoms with Gasteiger partial charge in [0.15, 0.2) is 0 Å². The van der Waals surface area contributed by atoms with E-state index in [2.05, 4.69) is 22.1 Å². The van der Waals surface area contributed by atoms with E-state index < -0.39 is 0 Å². The molecule has 0 bridgehead atoms. The van der Waals surface area contributed by atoms with Gasteiger partial charge in [0.25, 0.3) is 5.91 Å². The summed E-state index contributed by atoms with van der Waals surface area (Å²) >= 11 is 0. The lowest BCUT2D eigenvalue weighted by atomic mass is 10.2. The summed E-state index contributed by atoms with van der Waals surface area (Å²) in [4.78, 5) is 16.4. The first kappa shape index (κ1) is 14.7. The fourth-order valence-electron chi connectivity index (χ4n) is 2.09. The van der Waals surface area contributed by atoms with Gasteiger partial charge in [0.1, 0.15) is 11.5 Å². The molecule has 0 radical (unpaired) electrons. The number of pyridine rings is 1. The highest BCUT2D eigenvalue weighted by atomic mass is 19.1. The Bertz CT molecular complexity index is 908. The molecule has 0 aliphatic rings. The largest absolute Gasteiger partial charge is 0.340 e. The van der Waals surface area contributed by atoms with E-state index in [1.54, 1.807) is 18.2 Å². The molecule has 0 fully saturated rings. The molecular weight excluding hydrogens is 291 g/mol. The number of carbonyl (C=O) groups is 1. The quantitative estimate of drug-likeness (QED) is 0.739. The Morgan fingerprint density at radius 1 is 1.04 bits per heavy atom. The lowest BCUT2D eigenvalue weighted by Gasteiger charge is -2.02. The van der Waals surface area contributed by atoms with Crippen LogP contribution in [0.5, 0.6) is 0 Å². The van der Waals surface area contributed by atoms with E-state index >= 15 is 0 Å². The molecule has 1 aromatic heterocycles. The maximum absolute atomic E-state index is 12.8. The summed E-state index contributed by atoms with van der Waals surface area (Å²) < 4.78 is 12.8. The normalized spacial score (nSPS) is 9.96. The fourth-order valence-corrected chi connectivity index (χ4v) is 2.09. The maximum atomic E-state index is 12.8. The zero-order valence-corrected chi connectivity index (χ0v) is 12.2. The third-order valence-electron chi connectivity index (χ3n) is 3.25. The van der Waals surface area contributed by atoms with Crippen LogP contribution >= 0.6 is 0 Å². The number of amides is 1. The molecule has 0 saturated heterocycles. The standard InChI is InChI=1S/C19H13FN2O/c20-16-10-7-14(8-11-16)4-3-13-21-19(23)18-12-9-15-5-1-2-6-17(15)22-18/h1-2,5-12H,13H2,(H,21,23). The minimum absolute atomic E-state index is 0.199. The van der Waals surface area contributed by atoms with Gasteiger partial charge in [0, 0.05) is 10.9 Å². The van der Waals surface area contributed by atoms with Gasteiger partial charge in [-0.25, -0.2) is 9.37 Å². The van der Waals surface area contributed by atoms with E-state index in [-0.39, 0.29) is 18.3 Å². The van der Waals surface area contributed by atoms with Crippen LogP contribution in [0.15, 0.2) is 60.7 Å². The molecule has 0 spiro atoms. The predicted molar refractivity (Wildman–Crippen MR) is 87.4 cm³/mol. The van der Waals surface area contributed by atoms with E-state index in [1.807, 2.05) is 30.3 Å². The minimum Gasteiger partial charge on any atom is -0.340 e. The van der Waals surface area contributed by atoms with Crippen LogP contribution in [0.2, 0.25) is 0 Å². The van der Waals surface area contributed by atoms with Crippen molar-refractivity contribution in [3.63, 3.8) is 0 Å². The van der Waals surface area contributed by atoms with Crippen molar-refractivity contribution < 1.29 is 9.18 Å². The molecule has 0 saturated carbocycles. The molecule has 23 heavy (non-hydrogen) atoms. The average molecular weight is 304 g/mol. The van der Waals surface area contributed by atoms with Gasteiger partial charge in [0.2, 0.25) is 0 Å². The predicted octanol–water partition coefficient (Wildman–Crippen LogP) is 3.16. The second-order valence-corrected chi connectivity index (χ2v) is 4.88. The number of carbonyl (C=O) groups excluding carboxylic acids is 1. The van der Waals surface area contributed by atoms with Gasteiger partial charge in [-0.05, 0) is 36.4 Å². The molecule has 0 unspecified atom stereocenters. The molecule has 4 heteroatoms. The van der Waals surface area contributed by atoms with Crippen molar-refractivity contribution in [3.05, 3.63) is 77.7 Å². The highest BCUT2D eigenvalue weighted by molar-refractivity contribution is 5.94. The first-order valence-corrected chi connectivity index (χ1v) is 7.11. The lowest BCUT2D eigenvalue weighted by molar-refractivity contribution is 0.0954. The number of nitrogens with zero attached hydrogens (tertiary/aromatic N) is 1. The lowest BCUT2D eigenvalue weighted by Crippen LogP contribution is -2.24. The molecule has 1 amide bonds. The number of fused-ring (bicyclic) bond motifs is 1. The van der Waals surface area contributed by atoms with Gasteiger partial charge in [-0.1, -0.05) is 36.1 Å². The number of rotatable bonds is 2. The van der Waals surface area contributed by atoms with Crippen molar-refractivity contribution in [1.82, 2.24) is 10.3 Å². The second-order valence-electron chi connectivity index (χ2n) is 4.88. The summed E-state index contributed by atoms with van der Waals surface area (Å²) in [6.07, 6.45) is 0. The number of halogens is 1. The minimum atomic E-state index is -0.300. The Morgan fingerprint density at radius 3 is 2.65 bits per heavy atom. The molecule has 2 aromatic carbocycles. The maximum Gasteiger partial charge on any atom is 0.270 e. The van der Waals surface area contributed by atoms with Gasteiger partial charge in [-0.3, -0.25) is 4.79 Å². The van der Waals surface area contributed by atoms with Gasteiger partial charge >= 0.3 is 0 Å². The Kier molecular flexibility index (Phi) is 4.30. The molecule has 3 aromatic rings. The molecule has 0 aliphatic carbocycles.